The molecule has 2 rings (SSSR count). The maximum atomic E-state index is 5.13. The van der Waals surface area contributed by atoms with Crippen molar-refractivity contribution in [2.75, 3.05) is 13.7 Å². The summed E-state index contributed by atoms with van der Waals surface area (Å²) in [5.74, 6) is 0. The van der Waals surface area contributed by atoms with E-state index in [4.69, 9.17) is 4.74 Å². The minimum absolute atomic E-state index is 0.262. The largest absolute Gasteiger partial charge is 0.382 e. The summed E-state index contributed by atoms with van der Waals surface area (Å²) in [5.41, 5.74) is 2.34. The minimum atomic E-state index is 0.262. The summed E-state index contributed by atoms with van der Waals surface area (Å²) < 4.78 is 8.31. The minimum Gasteiger partial charge on any atom is -0.382 e. The van der Waals surface area contributed by atoms with Gasteiger partial charge in [0.05, 0.1) is 18.8 Å². The van der Waals surface area contributed by atoms with E-state index in [1.165, 1.54) is 9.13 Å². The molecule has 17 heavy (non-hydrogen) atoms. The van der Waals surface area contributed by atoms with Crippen LogP contribution in [0.2, 0.25) is 0 Å². The monoisotopic (exact) mass is 342 g/mol. The molecule has 0 fully saturated rings. The summed E-state index contributed by atoms with van der Waals surface area (Å²) in [5, 5.41) is 4.37. The van der Waals surface area contributed by atoms with E-state index in [1.807, 2.05) is 10.9 Å². The first kappa shape index (κ1) is 12.6. The van der Waals surface area contributed by atoms with Gasteiger partial charge in [-0.1, -0.05) is 12.1 Å². The second-order valence-corrected chi connectivity index (χ2v) is 5.27. The Morgan fingerprint density at radius 2 is 2.00 bits per heavy atom. The number of halogens is 1. The molecule has 1 heterocycles. The molecule has 1 aromatic carbocycles. The second-order valence-electron chi connectivity index (χ2n) is 4.02. The lowest BCUT2D eigenvalue weighted by Crippen LogP contribution is -2.11. The van der Waals surface area contributed by atoms with E-state index >= 15 is 0 Å². The molecule has 2 aromatic rings. The Kier molecular flexibility index (Phi) is 4.17. The van der Waals surface area contributed by atoms with Crippen LogP contribution >= 0.6 is 22.6 Å². The lowest BCUT2D eigenvalue weighted by Gasteiger charge is -2.09. The normalized spacial score (nSPS) is 12.6. The predicted octanol–water partition coefficient (Wildman–Crippen LogP) is 3.36. The highest BCUT2D eigenvalue weighted by Gasteiger charge is 2.07. The van der Waals surface area contributed by atoms with E-state index in [0.29, 0.717) is 6.61 Å². The van der Waals surface area contributed by atoms with Crippen LogP contribution in [0.4, 0.5) is 0 Å². The number of hydrogen-bond donors (Lipinski definition) is 0. The smallest absolute Gasteiger partial charge is 0.0724 e. The van der Waals surface area contributed by atoms with Crippen molar-refractivity contribution in [2.45, 2.75) is 13.0 Å². The number of rotatable bonds is 4. The van der Waals surface area contributed by atoms with Crippen LogP contribution in [0.15, 0.2) is 36.7 Å². The molecule has 0 aliphatic heterocycles. The quantitative estimate of drug-likeness (QED) is 0.797. The molecule has 1 unspecified atom stereocenters. The van der Waals surface area contributed by atoms with Gasteiger partial charge in [-0.15, -0.1) is 0 Å². The third kappa shape index (κ3) is 3.07. The summed E-state index contributed by atoms with van der Waals surface area (Å²) in [6, 6.07) is 8.70. The fourth-order valence-electron chi connectivity index (χ4n) is 1.69. The average Bonchev–Trinajstić information content (AvgIpc) is 2.80. The zero-order valence-electron chi connectivity index (χ0n) is 9.93. The first-order valence-electron chi connectivity index (χ1n) is 5.49. The Morgan fingerprint density at radius 1 is 1.29 bits per heavy atom. The van der Waals surface area contributed by atoms with Crippen molar-refractivity contribution in [3.8, 4) is 11.1 Å². The molecule has 1 aromatic heterocycles. The Labute approximate surface area is 115 Å². The molecule has 0 spiro atoms. The van der Waals surface area contributed by atoms with Crippen LogP contribution in [0.3, 0.4) is 0 Å². The molecule has 0 bridgehead atoms. The molecule has 0 aliphatic carbocycles. The summed E-state index contributed by atoms with van der Waals surface area (Å²) >= 11 is 2.31. The van der Waals surface area contributed by atoms with Gasteiger partial charge in [-0.3, -0.25) is 4.68 Å². The van der Waals surface area contributed by atoms with Gasteiger partial charge >= 0.3 is 0 Å². The van der Waals surface area contributed by atoms with Gasteiger partial charge in [-0.05, 0) is 47.2 Å². The maximum absolute atomic E-state index is 5.13. The molecular formula is C13H15IN2O. The van der Waals surface area contributed by atoms with E-state index in [0.717, 1.165) is 5.56 Å². The Hall–Kier alpha value is -0.880. The van der Waals surface area contributed by atoms with E-state index < -0.39 is 0 Å². The van der Waals surface area contributed by atoms with Crippen LogP contribution in [0, 0.1) is 3.57 Å². The zero-order valence-corrected chi connectivity index (χ0v) is 12.1. The van der Waals surface area contributed by atoms with Crippen molar-refractivity contribution in [1.29, 1.82) is 0 Å². The number of methoxy groups -OCH3 is 1. The van der Waals surface area contributed by atoms with Crippen LogP contribution in [0.5, 0.6) is 0 Å². The molecule has 0 saturated carbocycles. The summed E-state index contributed by atoms with van der Waals surface area (Å²) in [6.45, 7) is 2.77. The van der Waals surface area contributed by atoms with E-state index in [-0.39, 0.29) is 6.04 Å². The van der Waals surface area contributed by atoms with Gasteiger partial charge in [-0.2, -0.15) is 5.10 Å². The van der Waals surface area contributed by atoms with Gasteiger partial charge in [0.2, 0.25) is 0 Å². The highest BCUT2D eigenvalue weighted by molar-refractivity contribution is 14.1. The fourth-order valence-corrected chi connectivity index (χ4v) is 2.05. The predicted molar refractivity (Wildman–Crippen MR) is 77.0 cm³/mol. The van der Waals surface area contributed by atoms with E-state index in [2.05, 4.69) is 65.1 Å². The Balaban J connectivity index is 2.20. The number of hydrogen-bond acceptors (Lipinski definition) is 2. The third-order valence-corrected chi connectivity index (χ3v) is 3.36. The maximum Gasteiger partial charge on any atom is 0.0724 e. The van der Waals surface area contributed by atoms with Gasteiger partial charge < -0.3 is 4.74 Å². The first-order valence-corrected chi connectivity index (χ1v) is 6.57. The molecule has 0 radical (unpaired) electrons. The van der Waals surface area contributed by atoms with Gasteiger partial charge in [0.25, 0.3) is 0 Å². The van der Waals surface area contributed by atoms with Crippen molar-refractivity contribution in [1.82, 2.24) is 9.78 Å². The molecule has 0 aliphatic rings. The Morgan fingerprint density at radius 3 is 2.65 bits per heavy atom. The highest BCUT2D eigenvalue weighted by atomic mass is 127. The summed E-state index contributed by atoms with van der Waals surface area (Å²) in [7, 11) is 1.71. The van der Waals surface area contributed by atoms with Crippen LogP contribution in [-0.2, 0) is 4.74 Å². The van der Waals surface area contributed by atoms with Crippen LogP contribution in [0.1, 0.15) is 13.0 Å². The molecule has 0 saturated heterocycles. The molecule has 4 heteroatoms. The van der Waals surface area contributed by atoms with Crippen molar-refractivity contribution in [3.05, 3.63) is 40.2 Å². The van der Waals surface area contributed by atoms with Gasteiger partial charge in [-0.25, -0.2) is 0 Å². The lowest BCUT2D eigenvalue weighted by atomic mass is 10.1. The molecule has 0 amide bonds. The molecule has 1 atom stereocenters. The van der Waals surface area contributed by atoms with Crippen LogP contribution in [-0.4, -0.2) is 23.5 Å². The third-order valence-electron chi connectivity index (χ3n) is 2.64. The van der Waals surface area contributed by atoms with Crippen molar-refractivity contribution >= 4 is 22.6 Å². The molecule has 90 valence electrons. The summed E-state index contributed by atoms with van der Waals surface area (Å²) in [4.78, 5) is 0. The number of nitrogens with zero attached hydrogens (tertiary/aromatic N) is 2. The van der Waals surface area contributed by atoms with Gasteiger partial charge in [0.15, 0.2) is 0 Å². The van der Waals surface area contributed by atoms with Gasteiger partial charge in [0, 0.05) is 22.4 Å². The standard InChI is InChI=1S/C13H15IN2O/c1-10(9-17-2)16-8-12(7-15-16)11-3-5-13(14)6-4-11/h3-8,10H,9H2,1-2H3. The number of benzene rings is 1. The highest BCUT2D eigenvalue weighted by Crippen LogP contribution is 2.21. The SMILES string of the molecule is COCC(C)n1cc(-c2ccc(I)cc2)cn1. The fraction of sp³-hybridized carbons (Fsp3) is 0.308. The second kappa shape index (κ2) is 5.64. The molecule has 0 N–H and O–H groups in total. The van der Waals surface area contributed by atoms with Crippen molar-refractivity contribution in [3.63, 3.8) is 0 Å². The average molecular weight is 342 g/mol. The topological polar surface area (TPSA) is 27.1 Å². The zero-order chi connectivity index (χ0) is 12.3. The van der Waals surface area contributed by atoms with Crippen molar-refractivity contribution < 1.29 is 4.74 Å². The van der Waals surface area contributed by atoms with E-state index in [1.54, 1.807) is 7.11 Å². The molecular weight excluding hydrogens is 327 g/mol. The van der Waals surface area contributed by atoms with Crippen LogP contribution < -0.4 is 0 Å². The van der Waals surface area contributed by atoms with Crippen molar-refractivity contribution in [2.24, 2.45) is 0 Å². The van der Waals surface area contributed by atoms with E-state index in [9.17, 15) is 0 Å². The Bertz CT molecular complexity index is 478. The van der Waals surface area contributed by atoms with Crippen LogP contribution in [0.25, 0.3) is 11.1 Å². The summed E-state index contributed by atoms with van der Waals surface area (Å²) in [6.07, 6.45) is 3.96. The number of aromatic nitrogens is 2. The first-order chi connectivity index (χ1) is 8.20. The molecule has 3 nitrogen and oxygen atoms in total. The number of ether oxygens (including phenoxy) is 1. The van der Waals surface area contributed by atoms with Gasteiger partial charge in [0.1, 0.15) is 0 Å². The lowest BCUT2D eigenvalue weighted by molar-refractivity contribution is 0.157.